The molecular formula is C6H15O3SSi. The fraction of sp³-hybridized carbons (Fsp3) is 1.00. The van der Waals surface area contributed by atoms with Crippen molar-refractivity contribution < 1.29 is 13.0 Å². The summed E-state index contributed by atoms with van der Waals surface area (Å²) in [5.74, 6) is -0.0812. The monoisotopic (exact) mass is 195 g/mol. The minimum atomic E-state index is -3.71. The van der Waals surface area contributed by atoms with Crippen LogP contribution in [0.3, 0.4) is 0 Å². The van der Waals surface area contributed by atoms with Crippen molar-refractivity contribution in [1.82, 2.24) is 0 Å². The van der Waals surface area contributed by atoms with Crippen LogP contribution in [0.1, 0.15) is 12.8 Å². The van der Waals surface area contributed by atoms with Crippen LogP contribution in [0.2, 0.25) is 19.1 Å². The van der Waals surface area contributed by atoms with Gasteiger partial charge in [-0.1, -0.05) is 25.6 Å². The molecule has 0 atom stereocenters. The third-order valence-electron chi connectivity index (χ3n) is 1.33. The fourth-order valence-electron chi connectivity index (χ4n) is 0.763. The minimum Gasteiger partial charge on any atom is -0.286 e. The van der Waals surface area contributed by atoms with E-state index in [1.54, 1.807) is 0 Å². The minimum absolute atomic E-state index is 0.0812. The Morgan fingerprint density at radius 3 is 2.18 bits per heavy atom. The maximum absolute atomic E-state index is 10.2. The Morgan fingerprint density at radius 2 is 1.82 bits per heavy atom. The number of unbranched alkanes of at least 4 members (excludes halogenated alkanes) is 1. The highest BCUT2D eigenvalue weighted by molar-refractivity contribution is 7.85. The van der Waals surface area contributed by atoms with Gasteiger partial charge in [-0.15, -0.1) is 0 Å². The molecular weight excluding hydrogens is 180 g/mol. The summed E-state index contributed by atoms with van der Waals surface area (Å²) in [6, 6.07) is 1.13. The lowest BCUT2D eigenvalue weighted by Gasteiger charge is -2.00. The van der Waals surface area contributed by atoms with Crippen molar-refractivity contribution in [1.29, 1.82) is 0 Å². The SMILES string of the molecule is C[Si](C)CCCCS(=O)(=O)O. The molecule has 0 saturated heterocycles. The smallest absolute Gasteiger partial charge is 0.264 e. The molecule has 0 aromatic carbocycles. The van der Waals surface area contributed by atoms with Crippen molar-refractivity contribution >= 4 is 18.9 Å². The Labute approximate surface area is 70.2 Å². The third kappa shape index (κ3) is 10.1. The number of rotatable bonds is 5. The van der Waals surface area contributed by atoms with E-state index in [0.29, 0.717) is 6.42 Å². The zero-order valence-corrected chi connectivity index (χ0v) is 8.82. The van der Waals surface area contributed by atoms with Gasteiger partial charge in [0.15, 0.2) is 0 Å². The van der Waals surface area contributed by atoms with Crippen molar-refractivity contribution in [3.8, 4) is 0 Å². The van der Waals surface area contributed by atoms with Gasteiger partial charge in [-0.3, -0.25) is 4.55 Å². The van der Waals surface area contributed by atoms with Crippen LogP contribution in [0.25, 0.3) is 0 Å². The number of hydrogen-bond donors (Lipinski definition) is 1. The Morgan fingerprint density at radius 1 is 1.27 bits per heavy atom. The van der Waals surface area contributed by atoms with Crippen molar-refractivity contribution in [2.75, 3.05) is 5.75 Å². The van der Waals surface area contributed by atoms with Crippen LogP contribution in [-0.4, -0.2) is 27.5 Å². The lowest BCUT2D eigenvalue weighted by Crippen LogP contribution is -2.05. The third-order valence-corrected chi connectivity index (χ3v) is 3.49. The molecule has 0 aromatic heterocycles. The maximum Gasteiger partial charge on any atom is 0.264 e. The van der Waals surface area contributed by atoms with E-state index in [4.69, 9.17) is 4.55 Å². The molecule has 0 amide bonds. The molecule has 0 aromatic rings. The molecule has 0 aliphatic rings. The largest absolute Gasteiger partial charge is 0.286 e. The summed E-state index contributed by atoms with van der Waals surface area (Å²) in [5.41, 5.74) is 0. The normalized spacial score (nSPS) is 12.4. The van der Waals surface area contributed by atoms with E-state index in [1.807, 2.05) is 0 Å². The van der Waals surface area contributed by atoms with Crippen molar-refractivity contribution in [3.63, 3.8) is 0 Å². The highest BCUT2D eigenvalue weighted by Gasteiger charge is 2.03. The predicted molar refractivity (Wildman–Crippen MR) is 47.9 cm³/mol. The van der Waals surface area contributed by atoms with Gasteiger partial charge in [-0.05, 0) is 6.42 Å². The Bertz CT molecular complexity index is 186. The molecule has 0 unspecified atom stereocenters. The molecule has 0 heterocycles. The summed E-state index contributed by atoms with van der Waals surface area (Å²) in [6.07, 6.45) is 1.51. The summed E-state index contributed by atoms with van der Waals surface area (Å²) in [5, 5.41) is 0. The van der Waals surface area contributed by atoms with Gasteiger partial charge >= 0.3 is 0 Å². The highest BCUT2D eigenvalue weighted by Crippen LogP contribution is 2.02. The molecule has 67 valence electrons. The summed E-state index contributed by atoms with van der Waals surface area (Å²) < 4.78 is 28.8. The molecule has 0 fully saturated rings. The number of hydrogen-bond acceptors (Lipinski definition) is 2. The van der Waals surface area contributed by atoms with E-state index in [-0.39, 0.29) is 14.5 Å². The van der Waals surface area contributed by atoms with Gasteiger partial charge in [-0.2, -0.15) is 8.42 Å². The second-order valence-corrected chi connectivity index (χ2v) is 7.44. The summed E-state index contributed by atoms with van der Waals surface area (Å²) in [6.45, 7) is 4.39. The summed E-state index contributed by atoms with van der Waals surface area (Å²) in [4.78, 5) is 0. The van der Waals surface area contributed by atoms with E-state index >= 15 is 0 Å². The molecule has 0 spiro atoms. The lowest BCUT2D eigenvalue weighted by atomic mass is 10.4. The maximum atomic E-state index is 10.2. The lowest BCUT2D eigenvalue weighted by molar-refractivity contribution is 0.480. The summed E-state index contributed by atoms with van der Waals surface area (Å²) in [7, 11) is -3.94. The van der Waals surface area contributed by atoms with E-state index in [9.17, 15) is 8.42 Å². The zero-order valence-electron chi connectivity index (χ0n) is 7.00. The van der Waals surface area contributed by atoms with Gasteiger partial charge in [0, 0.05) is 8.80 Å². The van der Waals surface area contributed by atoms with E-state index in [2.05, 4.69) is 13.1 Å². The molecule has 3 nitrogen and oxygen atoms in total. The van der Waals surface area contributed by atoms with Crippen molar-refractivity contribution in [2.45, 2.75) is 32.0 Å². The first kappa shape index (κ1) is 11.1. The van der Waals surface area contributed by atoms with E-state index in [1.165, 1.54) is 0 Å². The van der Waals surface area contributed by atoms with Crippen LogP contribution in [0.5, 0.6) is 0 Å². The molecule has 0 rings (SSSR count). The zero-order chi connectivity index (χ0) is 8.91. The van der Waals surface area contributed by atoms with Gasteiger partial charge in [0.2, 0.25) is 0 Å². The standard InChI is InChI=1S/C6H15O3SSi/c1-11(2)6-4-3-5-10(7,8)9/h3-6H2,1-2H3,(H,7,8,9). The van der Waals surface area contributed by atoms with Crippen LogP contribution >= 0.6 is 0 Å². The van der Waals surface area contributed by atoms with Crippen LogP contribution in [-0.2, 0) is 10.1 Å². The molecule has 0 saturated carbocycles. The van der Waals surface area contributed by atoms with Crippen molar-refractivity contribution in [3.05, 3.63) is 0 Å². The Kier molecular flexibility index (Phi) is 4.95. The first-order valence-electron chi connectivity index (χ1n) is 3.66. The molecule has 11 heavy (non-hydrogen) atoms. The van der Waals surface area contributed by atoms with E-state index in [0.717, 1.165) is 12.5 Å². The van der Waals surface area contributed by atoms with E-state index < -0.39 is 10.1 Å². The Balaban J connectivity index is 3.30. The van der Waals surface area contributed by atoms with Crippen LogP contribution < -0.4 is 0 Å². The molecule has 1 radical (unpaired) electrons. The van der Waals surface area contributed by atoms with Gasteiger partial charge in [-0.25, -0.2) is 0 Å². The first-order valence-corrected chi connectivity index (χ1v) is 7.97. The summed E-state index contributed by atoms with van der Waals surface area (Å²) >= 11 is 0. The predicted octanol–water partition coefficient (Wildman–Crippen LogP) is 1.41. The van der Waals surface area contributed by atoms with Crippen LogP contribution in [0.4, 0.5) is 0 Å². The van der Waals surface area contributed by atoms with Gasteiger partial charge < -0.3 is 0 Å². The highest BCUT2D eigenvalue weighted by atomic mass is 32.2. The fourth-order valence-corrected chi connectivity index (χ4v) is 2.29. The Hall–Kier alpha value is 0.127. The van der Waals surface area contributed by atoms with Gasteiger partial charge in [0.25, 0.3) is 10.1 Å². The van der Waals surface area contributed by atoms with Gasteiger partial charge in [0.05, 0.1) is 5.75 Å². The van der Waals surface area contributed by atoms with Gasteiger partial charge in [0.1, 0.15) is 0 Å². The molecule has 0 aliphatic heterocycles. The quantitative estimate of drug-likeness (QED) is 0.410. The first-order chi connectivity index (χ1) is 4.92. The topological polar surface area (TPSA) is 54.4 Å². The van der Waals surface area contributed by atoms with Crippen molar-refractivity contribution in [2.24, 2.45) is 0 Å². The van der Waals surface area contributed by atoms with Crippen LogP contribution in [0, 0.1) is 0 Å². The molecule has 0 aliphatic carbocycles. The second kappa shape index (κ2) is 4.90. The average molecular weight is 195 g/mol. The van der Waals surface area contributed by atoms with Crippen LogP contribution in [0.15, 0.2) is 0 Å². The molecule has 5 heteroatoms. The second-order valence-electron chi connectivity index (χ2n) is 2.95. The molecule has 1 N–H and O–H groups in total. The molecule has 0 bridgehead atoms. The average Bonchev–Trinajstić information content (AvgIpc) is 1.78.